The van der Waals surface area contributed by atoms with Crippen molar-refractivity contribution in [1.82, 2.24) is 19.5 Å². The van der Waals surface area contributed by atoms with Gasteiger partial charge in [0.15, 0.2) is 0 Å². The normalized spacial score (nSPS) is 15.7. The summed E-state index contributed by atoms with van der Waals surface area (Å²) in [7, 11) is 0. The molecule has 228 valence electrons. The molecule has 1 N–H and O–H groups in total. The van der Waals surface area contributed by atoms with Crippen LogP contribution in [0.15, 0.2) is 60.8 Å². The summed E-state index contributed by atoms with van der Waals surface area (Å²) >= 11 is 6.88. The van der Waals surface area contributed by atoms with Gasteiger partial charge >= 0.3 is 12.0 Å². The van der Waals surface area contributed by atoms with Gasteiger partial charge in [0.2, 0.25) is 0 Å². The maximum absolute atomic E-state index is 14.3. The fraction of sp³-hybridized carbons (Fsp3) is 0.265. The van der Waals surface area contributed by atoms with Gasteiger partial charge in [0.05, 0.1) is 53.2 Å². The zero-order valence-electron chi connectivity index (χ0n) is 24.8. The van der Waals surface area contributed by atoms with Crippen molar-refractivity contribution in [3.63, 3.8) is 0 Å². The quantitative estimate of drug-likeness (QED) is 0.197. The first kappa shape index (κ1) is 30.2. The molecule has 0 bridgehead atoms. The molecule has 0 amide bonds. The van der Waals surface area contributed by atoms with Crippen LogP contribution in [0.1, 0.15) is 58.3 Å². The van der Waals surface area contributed by atoms with Crippen molar-refractivity contribution in [3.05, 3.63) is 105 Å². The minimum Gasteiger partial charge on any atom is -0.478 e. The molecule has 9 nitrogen and oxygen atoms in total. The monoisotopic (exact) mass is 625 g/mol. The van der Waals surface area contributed by atoms with Gasteiger partial charge in [0, 0.05) is 34.2 Å². The van der Waals surface area contributed by atoms with E-state index in [-0.39, 0.29) is 40.8 Å². The Morgan fingerprint density at radius 1 is 1.18 bits per heavy atom. The molecule has 2 aromatic heterocycles. The van der Waals surface area contributed by atoms with Gasteiger partial charge in [-0.2, -0.15) is 10.2 Å². The molecule has 1 saturated heterocycles. The summed E-state index contributed by atoms with van der Waals surface area (Å²) in [6.07, 6.45) is 1.98. The van der Waals surface area contributed by atoms with E-state index in [1.807, 2.05) is 25.1 Å². The number of nitriles is 1. The molecular formula is C34H29ClFN5O4. The van der Waals surface area contributed by atoms with Crippen molar-refractivity contribution in [2.45, 2.75) is 39.8 Å². The highest BCUT2D eigenvalue weighted by Gasteiger charge is 2.39. The van der Waals surface area contributed by atoms with Gasteiger partial charge < -0.3 is 19.1 Å². The number of rotatable bonds is 8. The highest BCUT2D eigenvalue weighted by molar-refractivity contribution is 6.31. The topological polar surface area (TPSA) is 123 Å². The van der Waals surface area contributed by atoms with Gasteiger partial charge in [-0.25, -0.2) is 19.2 Å². The molecule has 1 aliphatic rings. The minimum atomic E-state index is -0.998. The molecule has 45 heavy (non-hydrogen) atoms. The number of fused-ring (bicyclic) bond motifs is 1. The van der Waals surface area contributed by atoms with E-state index in [2.05, 4.69) is 28.4 Å². The third kappa shape index (κ3) is 5.97. The van der Waals surface area contributed by atoms with Crippen molar-refractivity contribution in [3.8, 4) is 23.3 Å². The number of nitrogens with zero attached hydrogens (tertiary/aromatic N) is 5. The summed E-state index contributed by atoms with van der Waals surface area (Å²) in [6.45, 7) is 7.19. The lowest BCUT2D eigenvalue weighted by Crippen LogP contribution is -2.27. The van der Waals surface area contributed by atoms with Crippen molar-refractivity contribution < 1.29 is 23.8 Å². The van der Waals surface area contributed by atoms with E-state index in [0.29, 0.717) is 35.9 Å². The third-order valence-corrected chi connectivity index (χ3v) is 8.52. The Hall–Kier alpha value is -4.85. The summed E-state index contributed by atoms with van der Waals surface area (Å²) in [6, 6.07) is 16.7. The van der Waals surface area contributed by atoms with Crippen LogP contribution < -0.4 is 4.74 Å². The van der Waals surface area contributed by atoms with Crippen LogP contribution in [0.5, 0.6) is 6.01 Å². The second kappa shape index (κ2) is 11.9. The summed E-state index contributed by atoms with van der Waals surface area (Å²) in [5.74, 6) is -0.775. The van der Waals surface area contributed by atoms with Crippen molar-refractivity contribution >= 4 is 28.6 Å². The Labute approximate surface area is 263 Å². The number of carbonyl (C=O) groups is 1. The van der Waals surface area contributed by atoms with Gasteiger partial charge in [-0.1, -0.05) is 37.6 Å². The number of hydrogen-bond acceptors (Lipinski definition) is 7. The van der Waals surface area contributed by atoms with Crippen LogP contribution >= 0.6 is 11.6 Å². The van der Waals surface area contributed by atoms with E-state index in [4.69, 9.17) is 31.3 Å². The lowest BCUT2D eigenvalue weighted by atomic mass is 9.87. The van der Waals surface area contributed by atoms with E-state index < -0.39 is 11.8 Å². The summed E-state index contributed by atoms with van der Waals surface area (Å²) in [5, 5.41) is 19.1. The Morgan fingerprint density at radius 2 is 2.00 bits per heavy atom. The molecule has 6 rings (SSSR count). The molecular weight excluding hydrogens is 597 g/mol. The first-order chi connectivity index (χ1) is 21.5. The van der Waals surface area contributed by atoms with Gasteiger partial charge in [-0.05, 0) is 60.5 Å². The largest absolute Gasteiger partial charge is 0.478 e. The predicted octanol–water partition coefficient (Wildman–Crippen LogP) is 6.93. The Kier molecular flexibility index (Phi) is 7.99. The number of carboxylic acid groups (broad SMARTS) is 1. The molecule has 3 aromatic carbocycles. The van der Waals surface area contributed by atoms with Crippen molar-refractivity contribution in [2.24, 2.45) is 5.41 Å². The zero-order valence-corrected chi connectivity index (χ0v) is 25.6. The number of aromatic carboxylic acids is 1. The number of ether oxygens (including phenoxy) is 2. The molecule has 0 saturated carbocycles. The Balaban J connectivity index is 1.30. The molecule has 1 fully saturated rings. The molecule has 0 aliphatic carbocycles. The van der Waals surface area contributed by atoms with Crippen molar-refractivity contribution in [1.29, 1.82) is 5.26 Å². The maximum Gasteiger partial charge on any atom is 0.335 e. The highest BCUT2D eigenvalue weighted by atomic mass is 35.5. The second-order valence-corrected chi connectivity index (χ2v) is 12.2. The first-order valence-electron chi connectivity index (χ1n) is 14.3. The van der Waals surface area contributed by atoms with Crippen LogP contribution in [0.25, 0.3) is 22.3 Å². The number of benzene rings is 3. The lowest BCUT2D eigenvalue weighted by Gasteiger charge is -2.28. The van der Waals surface area contributed by atoms with Crippen LogP contribution in [0.3, 0.4) is 0 Å². The van der Waals surface area contributed by atoms with E-state index in [1.165, 1.54) is 12.1 Å². The van der Waals surface area contributed by atoms with Gasteiger partial charge in [-0.3, -0.25) is 0 Å². The molecule has 0 spiro atoms. The standard InChI is InChI=1S/C34H29ClFN5O4/c1-19-10-23(13-31-39-28-7-6-21(32(42)43)12-29(28)41(31)30-17-44-18-34(30,2)3)25(35)14-24(19)27-8-9-38-33(40-27)45-16-22-5-4-20(15-37)11-26(22)36/h4-12,14,30H,13,16-18H2,1-3H3,(H,42,43). The van der Waals surface area contributed by atoms with Gasteiger partial charge in [0.1, 0.15) is 18.2 Å². The van der Waals surface area contributed by atoms with E-state index >= 15 is 0 Å². The smallest absolute Gasteiger partial charge is 0.335 e. The fourth-order valence-electron chi connectivity index (χ4n) is 5.69. The number of imidazole rings is 1. The number of aromatic nitrogens is 4. The van der Waals surface area contributed by atoms with Gasteiger partial charge in [-0.15, -0.1) is 0 Å². The first-order valence-corrected chi connectivity index (χ1v) is 14.7. The highest BCUT2D eigenvalue weighted by Crippen LogP contribution is 2.41. The second-order valence-electron chi connectivity index (χ2n) is 11.8. The fourth-order valence-corrected chi connectivity index (χ4v) is 5.92. The van der Waals surface area contributed by atoms with Crippen LogP contribution in [-0.4, -0.2) is 43.8 Å². The maximum atomic E-state index is 14.3. The minimum absolute atomic E-state index is 0.0436. The molecule has 5 aromatic rings. The number of aryl methyl sites for hydroxylation is 1. The van der Waals surface area contributed by atoms with Crippen LogP contribution in [0.2, 0.25) is 5.02 Å². The van der Waals surface area contributed by atoms with E-state index in [0.717, 1.165) is 34.1 Å². The zero-order chi connectivity index (χ0) is 31.9. The lowest BCUT2D eigenvalue weighted by molar-refractivity contribution is 0.0697. The average Bonchev–Trinajstić information content (AvgIpc) is 3.55. The third-order valence-electron chi connectivity index (χ3n) is 8.16. The van der Waals surface area contributed by atoms with Crippen LogP contribution in [0, 0.1) is 29.5 Å². The molecule has 11 heteroatoms. The Bertz CT molecular complexity index is 2000. The SMILES string of the molecule is Cc1cc(Cc2nc3ccc(C(=O)O)cc3n2C2COCC2(C)C)c(Cl)cc1-c1ccnc(OCc2ccc(C#N)cc2F)n1. The van der Waals surface area contributed by atoms with Crippen LogP contribution in [0.4, 0.5) is 4.39 Å². The molecule has 1 aliphatic heterocycles. The number of carboxylic acids is 1. The Morgan fingerprint density at radius 3 is 2.71 bits per heavy atom. The van der Waals surface area contributed by atoms with E-state index in [9.17, 15) is 14.3 Å². The summed E-state index contributed by atoms with van der Waals surface area (Å²) in [4.78, 5) is 25.4. The average molecular weight is 626 g/mol. The van der Waals surface area contributed by atoms with Crippen molar-refractivity contribution in [2.75, 3.05) is 13.2 Å². The summed E-state index contributed by atoms with van der Waals surface area (Å²) < 4.78 is 28.0. The van der Waals surface area contributed by atoms with Crippen LogP contribution in [-0.2, 0) is 17.8 Å². The molecule has 1 atom stereocenters. The van der Waals surface area contributed by atoms with E-state index in [1.54, 1.807) is 30.5 Å². The number of hydrogen-bond donors (Lipinski definition) is 1. The molecule has 1 unspecified atom stereocenters. The van der Waals surface area contributed by atoms with Gasteiger partial charge in [0.25, 0.3) is 0 Å². The number of halogens is 2. The predicted molar refractivity (Wildman–Crippen MR) is 166 cm³/mol. The molecule has 0 radical (unpaired) electrons. The molecule has 3 heterocycles. The summed E-state index contributed by atoms with van der Waals surface area (Å²) in [5.41, 5.74) is 5.10.